The predicted molar refractivity (Wildman–Crippen MR) is 120 cm³/mol. The highest BCUT2D eigenvalue weighted by Gasteiger charge is 2.17. The first-order valence-electron chi connectivity index (χ1n) is 10.4. The van der Waals surface area contributed by atoms with Crippen molar-refractivity contribution in [3.8, 4) is 17.1 Å². The van der Waals surface area contributed by atoms with Crippen LogP contribution in [0.4, 0.5) is 0 Å². The zero-order valence-electron chi connectivity index (χ0n) is 18.0. The molecule has 0 aliphatic carbocycles. The summed E-state index contributed by atoms with van der Waals surface area (Å²) in [5, 5.41) is 4.81. The van der Waals surface area contributed by atoms with Gasteiger partial charge in [0.05, 0.1) is 12.7 Å². The van der Waals surface area contributed by atoms with Gasteiger partial charge in [0.25, 0.3) is 5.56 Å². The SMILES string of the molecule is CCN(Cc1ccc(OC)cc1)C(=O)CCc1nc(-c2cc3ccccc3[nH]c2=O)no1. The van der Waals surface area contributed by atoms with Crippen molar-refractivity contribution in [2.45, 2.75) is 26.3 Å². The Bertz CT molecular complexity index is 1280. The smallest absolute Gasteiger partial charge is 0.259 e. The first-order chi connectivity index (χ1) is 15.6. The summed E-state index contributed by atoms with van der Waals surface area (Å²) in [6.45, 7) is 3.05. The number of carbonyl (C=O) groups is 1. The number of aryl methyl sites for hydroxylation is 1. The third-order valence-corrected chi connectivity index (χ3v) is 5.28. The van der Waals surface area contributed by atoms with Gasteiger partial charge in [-0.1, -0.05) is 35.5 Å². The van der Waals surface area contributed by atoms with Crippen LogP contribution < -0.4 is 10.3 Å². The first-order valence-corrected chi connectivity index (χ1v) is 10.4. The van der Waals surface area contributed by atoms with Crippen molar-refractivity contribution in [3.05, 3.63) is 76.4 Å². The molecular weight excluding hydrogens is 408 g/mol. The molecule has 1 amide bonds. The van der Waals surface area contributed by atoms with E-state index in [1.807, 2.05) is 55.5 Å². The molecule has 0 saturated heterocycles. The van der Waals surface area contributed by atoms with E-state index < -0.39 is 0 Å². The quantitative estimate of drug-likeness (QED) is 0.457. The Morgan fingerprint density at radius 1 is 1.16 bits per heavy atom. The monoisotopic (exact) mass is 432 g/mol. The summed E-state index contributed by atoms with van der Waals surface area (Å²) >= 11 is 0. The van der Waals surface area contributed by atoms with Crippen LogP contribution in [0.5, 0.6) is 5.75 Å². The normalized spacial score (nSPS) is 10.9. The minimum Gasteiger partial charge on any atom is -0.497 e. The molecule has 0 saturated carbocycles. The molecule has 0 bridgehead atoms. The summed E-state index contributed by atoms with van der Waals surface area (Å²) in [6, 6.07) is 16.9. The van der Waals surface area contributed by atoms with E-state index in [4.69, 9.17) is 9.26 Å². The van der Waals surface area contributed by atoms with E-state index >= 15 is 0 Å². The Morgan fingerprint density at radius 3 is 2.69 bits per heavy atom. The zero-order valence-corrected chi connectivity index (χ0v) is 18.0. The zero-order chi connectivity index (χ0) is 22.5. The maximum absolute atomic E-state index is 12.7. The summed E-state index contributed by atoms with van der Waals surface area (Å²) in [5.74, 6) is 1.30. The predicted octanol–water partition coefficient (Wildman–Crippen LogP) is 3.57. The van der Waals surface area contributed by atoms with Crippen LogP contribution in [0.1, 0.15) is 24.8 Å². The molecule has 0 radical (unpaired) electrons. The summed E-state index contributed by atoms with van der Waals surface area (Å²) in [7, 11) is 1.62. The summed E-state index contributed by atoms with van der Waals surface area (Å²) in [4.78, 5) is 34.0. The molecule has 0 aliphatic heterocycles. The molecule has 4 aromatic rings. The average Bonchev–Trinajstić information content (AvgIpc) is 3.29. The number of aromatic nitrogens is 3. The van der Waals surface area contributed by atoms with Gasteiger partial charge in [-0.05, 0) is 42.1 Å². The van der Waals surface area contributed by atoms with Crippen molar-refractivity contribution in [1.82, 2.24) is 20.0 Å². The number of hydrogen-bond donors (Lipinski definition) is 1. The van der Waals surface area contributed by atoms with Crippen molar-refractivity contribution < 1.29 is 14.1 Å². The molecule has 1 N–H and O–H groups in total. The van der Waals surface area contributed by atoms with Gasteiger partial charge in [0.1, 0.15) is 5.75 Å². The fourth-order valence-electron chi connectivity index (χ4n) is 3.48. The number of nitrogens with zero attached hydrogens (tertiary/aromatic N) is 3. The molecule has 0 aliphatic rings. The van der Waals surface area contributed by atoms with Gasteiger partial charge in [-0.2, -0.15) is 4.98 Å². The molecule has 4 rings (SSSR count). The van der Waals surface area contributed by atoms with E-state index in [0.717, 1.165) is 22.2 Å². The molecule has 8 heteroatoms. The molecule has 0 unspecified atom stereocenters. The Kier molecular flexibility index (Phi) is 6.30. The van der Waals surface area contributed by atoms with E-state index in [9.17, 15) is 9.59 Å². The second-order valence-corrected chi connectivity index (χ2v) is 7.37. The lowest BCUT2D eigenvalue weighted by Crippen LogP contribution is -2.30. The van der Waals surface area contributed by atoms with Crippen LogP contribution in [-0.4, -0.2) is 39.6 Å². The Hall–Kier alpha value is -3.94. The molecule has 164 valence electrons. The number of ether oxygens (including phenoxy) is 1. The molecule has 32 heavy (non-hydrogen) atoms. The lowest BCUT2D eigenvalue weighted by molar-refractivity contribution is -0.131. The Morgan fingerprint density at radius 2 is 1.94 bits per heavy atom. The Balaban J connectivity index is 1.41. The van der Waals surface area contributed by atoms with Crippen molar-refractivity contribution >= 4 is 16.8 Å². The number of hydrogen-bond acceptors (Lipinski definition) is 6. The number of methoxy groups -OCH3 is 1. The lowest BCUT2D eigenvalue weighted by Gasteiger charge is -2.21. The van der Waals surface area contributed by atoms with Gasteiger partial charge in [0.15, 0.2) is 0 Å². The fraction of sp³-hybridized carbons (Fsp3) is 0.250. The molecule has 2 aromatic carbocycles. The van der Waals surface area contributed by atoms with Gasteiger partial charge in [0.2, 0.25) is 17.6 Å². The van der Waals surface area contributed by atoms with Crippen LogP contribution in [-0.2, 0) is 17.8 Å². The number of H-pyrrole nitrogens is 1. The van der Waals surface area contributed by atoms with Crippen LogP contribution in [0.2, 0.25) is 0 Å². The minimum atomic E-state index is -0.288. The highest BCUT2D eigenvalue weighted by Crippen LogP contribution is 2.18. The second kappa shape index (κ2) is 9.47. The molecule has 2 aromatic heterocycles. The average molecular weight is 432 g/mol. The molecule has 2 heterocycles. The van der Waals surface area contributed by atoms with Crippen LogP contribution in [0.25, 0.3) is 22.3 Å². The summed E-state index contributed by atoms with van der Waals surface area (Å²) in [6.07, 6.45) is 0.538. The number of para-hydroxylation sites is 1. The lowest BCUT2D eigenvalue weighted by atomic mass is 10.1. The number of pyridine rings is 1. The maximum atomic E-state index is 12.7. The van der Waals surface area contributed by atoms with Crippen LogP contribution in [0.15, 0.2) is 63.9 Å². The standard InChI is InChI=1S/C24H24N4O4/c1-3-28(15-16-8-10-18(31-2)11-9-16)22(29)13-12-21-26-23(27-32-21)19-14-17-6-4-5-7-20(17)25-24(19)30/h4-11,14H,3,12-13,15H2,1-2H3,(H,25,30). The van der Waals surface area contributed by atoms with E-state index in [1.54, 1.807) is 18.1 Å². The number of fused-ring (bicyclic) bond motifs is 1. The largest absolute Gasteiger partial charge is 0.497 e. The van der Waals surface area contributed by atoms with Crippen molar-refractivity contribution in [2.24, 2.45) is 0 Å². The van der Waals surface area contributed by atoms with Crippen LogP contribution >= 0.6 is 0 Å². The van der Waals surface area contributed by atoms with Crippen molar-refractivity contribution in [1.29, 1.82) is 0 Å². The van der Waals surface area contributed by atoms with Gasteiger partial charge >= 0.3 is 0 Å². The summed E-state index contributed by atoms with van der Waals surface area (Å²) < 4.78 is 10.5. The molecule has 0 fully saturated rings. The highest BCUT2D eigenvalue weighted by molar-refractivity contribution is 5.82. The number of nitrogens with one attached hydrogen (secondary N) is 1. The molecule has 0 atom stereocenters. The van der Waals surface area contributed by atoms with Gasteiger partial charge in [-0.25, -0.2) is 0 Å². The fourth-order valence-corrected chi connectivity index (χ4v) is 3.48. The van der Waals surface area contributed by atoms with E-state index in [0.29, 0.717) is 31.0 Å². The van der Waals surface area contributed by atoms with E-state index in [2.05, 4.69) is 15.1 Å². The third kappa shape index (κ3) is 4.69. The number of amides is 1. The van der Waals surface area contributed by atoms with Crippen molar-refractivity contribution in [3.63, 3.8) is 0 Å². The molecule has 8 nitrogen and oxygen atoms in total. The Labute approximate surface area is 184 Å². The first kappa shape index (κ1) is 21.3. The van der Waals surface area contributed by atoms with Gasteiger partial charge in [-0.3, -0.25) is 9.59 Å². The number of rotatable bonds is 8. The maximum Gasteiger partial charge on any atom is 0.259 e. The number of aromatic amines is 1. The highest BCUT2D eigenvalue weighted by atomic mass is 16.5. The van der Waals surface area contributed by atoms with Crippen LogP contribution in [0, 0.1) is 0 Å². The third-order valence-electron chi connectivity index (χ3n) is 5.28. The second-order valence-electron chi connectivity index (χ2n) is 7.37. The molecular formula is C24H24N4O4. The van der Waals surface area contributed by atoms with Crippen molar-refractivity contribution in [2.75, 3.05) is 13.7 Å². The topological polar surface area (TPSA) is 101 Å². The molecule has 0 spiro atoms. The summed E-state index contributed by atoms with van der Waals surface area (Å²) in [5.41, 5.74) is 1.81. The van der Waals surface area contributed by atoms with Gasteiger partial charge < -0.3 is 19.1 Å². The van der Waals surface area contributed by atoms with Gasteiger partial charge in [0, 0.05) is 31.4 Å². The number of carbonyl (C=O) groups excluding carboxylic acids is 1. The van der Waals surface area contributed by atoms with Crippen LogP contribution in [0.3, 0.4) is 0 Å². The van der Waals surface area contributed by atoms with Gasteiger partial charge in [-0.15, -0.1) is 0 Å². The minimum absolute atomic E-state index is 0.00776. The van der Waals surface area contributed by atoms with E-state index in [-0.39, 0.29) is 23.7 Å². The number of benzene rings is 2. The van der Waals surface area contributed by atoms with E-state index in [1.165, 1.54) is 0 Å².